The van der Waals surface area contributed by atoms with Gasteiger partial charge in [0.25, 0.3) is 0 Å². The molecule has 0 saturated carbocycles. The fourth-order valence-corrected chi connectivity index (χ4v) is 1.70. The number of rotatable bonds is 5. The van der Waals surface area contributed by atoms with E-state index in [1.54, 1.807) is 12.1 Å². The number of aliphatic hydroxyl groups is 1. The van der Waals surface area contributed by atoms with E-state index in [0.717, 1.165) is 11.6 Å². The minimum atomic E-state index is -0.876. The Morgan fingerprint density at radius 1 is 1.00 bits per heavy atom. The number of hydrogen-bond acceptors (Lipinski definition) is 2. The Labute approximate surface area is 110 Å². The van der Waals surface area contributed by atoms with Crippen molar-refractivity contribution in [3.8, 4) is 5.75 Å². The summed E-state index contributed by atoms with van der Waals surface area (Å²) >= 11 is 0. The quantitative estimate of drug-likeness (QED) is 0.899. The largest absolute Gasteiger partial charge is 0.489 e. The van der Waals surface area contributed by atoms with E-state index in [-0.39, 0.29) is 18.8 Å². The van der Waals surface area contributed by atoms with E-state index in [9.17, 15) is 8.78 Å². The lowest BCUT2D eigenvalue weighted by Gasteiger charge is -2.08. The van der Waals surface area contributed by atoms with Gasteiger partial charge in [-0.3, -0.25) is 0 Å². The number of hydrogen-bond donors (Lipinski definition) is 1. The van der Waals surface area contributed by atoms with Gasteiger partial charge in [-0.2, -0.15) is 0 Å². The second-order valence-electron chi connectivity index (χ2n) is 4.12. The average molecular weight is 264 g/mol. The molecule has 2 nitrogen and oxygen atoms in total. The van der Waals surface area contributed by atoms with E-state index in [1.807, 2.05) is 12.1 Å². The van der Waals surface area contributed by atoms with Gasteiger partial charge in [0.05, 0.1) is 0 Å². The highest BCUT2D eigenvalue weighted by Crippen LogP contribution is 2.17. The molecule has 0 unspecified atom stereocenters. The molecule has 100 valence electrons. The molecule has 0 fully saturated rings. The van der Waals surface area contributed by atoms with Crippen LogP contribution in [0.25, 0.3) is 0 Å². The zero-order valence-electron chi connectivity index (χ0n) is 10.3. The van der Waals surface area contributed by atoms with Crippen LogP contribution >= 0.6 is 0 Å². The molecule has 2 aromatic carbocycles. The van der Waals surface area contributed by atoms with Crippen molar-refractivity contribution in [2.24, 2.45) is 0 Å². The molecule has 4 heteroatoms. The Kier molecular flexibility index (Phi) is 4.47. The smallest absolute Gasteiger partial charge is 0.165 e. The first-order valence-corrected chi connectivity index (χ1v) is 5.96. The maximum Gasteiger partial charge on any atom is 0.165 e. The second-order valence-corrected chi connectivity index (χ2v) is 4.12. The minimum absolute atomic E-state index is 0.0249. The van der Waals surface area contributed by atoms with Gasteiger partial charge in [0.1, 0.15) is 12.4 Å². The molecule has 0 aliphatic carbocycles. The first-order valence-electron chi connectivity index (χ1n) is 5.96. The molecule has 0 heterocycles. The summed E-state index contributed by atoms with van der Waals surface area (Å²) in [5.41, 5.74) is 1.17. The van der Waals surface area contributed by atoms with Crippen LogP contribution in [0.4, 0.5) is 8.78 Å². The van der Waals surface area contributed by atoms with Crippen molar-refractivity contribution in [2.45, 2.75) is 13.0 Å². The van der Waals surface area contributed by atoms with Crippen LogP contribution in [-0.4, -0.2) is 11.7 Å². The predicted molar refractivity (Wildman–Crippen MR) is 67.9 cm³/mol. The van der Waals surface area contributed by atoms with E-state index in [2.05, 4.69) is 0 Å². The standard InChI is InChI=1S/C15H14F2O2/c16-14-3-1-2-12(15(14)17)10-19-13-6-4-11(5-7-13)8-9-18/h1-7,18H,8-10H2. The van der Waals surface area contributed by atoms with Gasteiger partial charge in [0, 0.05) is 12.2 Å². The summed E-state index contributed by atoms with van der Waals surface area (Å²) in [7, 11) is 0. The van der Waals surface area contributed by atoms with E-state index < -0.39 is 11.6 Å². The van der Waals surface area contributed by atoms with Crippen molar-refractivity contribution in [3.05, 3.63) is 65.2 Å². The highest BCUT2D eigenvalue weighted by Gasteiger charge is 2.07. The fourth-order valence-electron chi connectivity index (χ4n) is 1.70. The van der Waals surface area contributed by atoms with Gasteiger partial charge in [-0.15, -0.1) is 0 Å². The number of benzene rings is 2. The first-order chi connectivity index (χ1) is 9.20. The molecule has 0 aliphatic rings. The van der Waals surface area contributed by atoms with Crippen molar-refractivity contribution in [2.75, 3.05) is 6.61 Å². The number of ether oxygens (including phenoxy) is 1. The number of halogens is 2. The Bertz CT molecular complexity index is 538. The van der Waals surface area contributed by atoms with Crippen LogP contribution in [0.3, 0.4) is 0 Å². The highest BCUT2D eigenvalue weighted by molar-refractivity contribution is 5.28. The van der Waals surface area contributed by atoms with Gasteiger partial charge in [0.2, 0.25) is 0 Å². The van der Waals surface area contributed by atoms with Gasteiger partial charge < -0.3 is 9.84 Å². The van der Waals surface area contributed by atoms with Crippen LogP contribution in [0.1, 0.15) is 11.1 Å². The van der Waals surface area contributed by atoms with Crippen LogP contribution < -0.4 is 4.74 Å². The molecule has 1 N–H and O–H groups in total. The van der Waals surface area contributed by atoms with Crippen molar-refractivity contribution in [1.82, 2.24) is 0 Å². The summed E-state index contributed by atoms with van der Waals surface area (Å²) in [4.78, 5) is 0. The third kappa shape index (κ3) is 3.51. The van der Waals surface area contributed by atoms with Gasteiger partial charge >= 0.3 is 0 Å². The summed E-state index contributed by atoms with van der Waals surface area (Å²) < 4.78 is 31.8. The molecule has 0 atom stereocenters. The molecule has 0 spiro atoms. The summed E-state index contributed by atoms with van der Waals surface area (Å²) in [6.45, 7) is 0.0671. The van der Waals surface area contributed by atoms with Crippen LogP contribution in [0.5, 0.6) is 5.75 Å². The van der Waals surface area contributed by atoms with E-state index in [0.29, 0.717) is 12.2 Å². The van der Waals surface area contributed by atoms with Crippen LogP contribution in [0.15, 0.2) is 42.5 Å². The van der Waals surface area contributed by atoms with Gasteiger partial charge in [-0.25, -0.2) is 8.78 Å². The van der Waals surface area contributed by atoms with Crippen LogP contribution in [-0.2, 0) is 13.0 Å². The maximum atomic E-state index is 13.4. The summed E-state index contributed by atoms with van der Waals surface area (Å²) in [5.74, 6) is -1.18. The lowest BCUT2D eigenvalue weighted by Crippen LogP contribution is -2.00. The zero-order valence-corrected chi connectivity index (χ0v) is 10.3. The van der Waals surface area contributed by atoms with Gasteiger partial charge in [-0.1, -0.05) is 24.3 Å². The van der Waals surface area contributed by atoms with E-state index in [4.69, 9.17) is 9.84 Å². The molecule has 0 bridgehead atoms. The average Bonchev–Trinajstić information content (AvgIpc) is 2.42. The predicted octanol–water partition coefficient (Wildman–Crippen LogP) is 3.08. The van der Waals surface area contributed by atoms with Crippen molar-refractivity contribution in [1.29, 1.82) is 0 Å². The molecule has 0 radical (unpaired) electrons. The van der Waals surface area contributed by atoms with Gasteiger partial charge in [-0.05, 0) is 30.2 Å². The normalized spacial score (nSPS) is 10.5. The van der Waals surface area contributed by atoms with Crippen LogP contribution in [0, 0.1) is 11.6 Å². The SMILES string of the molecule is OCCc1ccc(OCc2cccc(F)c2F)cc1. The van der Waals surface area contributed by atoms with Crippen molar-refractivity contribution in [3.63, 3.8) is 0 Å². The molecule has 19 heavy (non-hydrogen) atoms. The molecule has 0 aromatic heterocycles. The monoisotopic (exact) mass is 264 g/mol. The molecule has 2 rings (SSSR count). The molecule has 2 aromatic rings. The Hall–Kier alpha value is -1.94. The molecule has 0 aliphatic heterocycles. The molecular weight excluding hydrogens is 250 g/mol. The molecular formula is C15H14F2O2. The Balaban J connectivity index is 2.00. The number of aliphatic hydroxyl groups excluding tert-OH is 1. The van der Waals surface area contributed by atoms with Crippen molar-refractivity contribution < 1.29 is 18.6 Å². The third-order valence-corrected chi connectivity index (χ3v) is 2.75. The molecule has 0 amide bonds. The Morgan fingerprint density at radius 2 is 1.74 bits per heavy atom. The topological polar surface area (TPSA) is 29.5 Å². The zero-order chi connectivity index (χ0) is 13.7. The highest BCUT2D eigenvalue weighted by atomic mass is 19.2. The van der Waals surface area contributed by atoms with E-state index >= 15 is 0 Å². The third-order valence-electron chi connectivity index (χ3n) is 2.75. The van der Waals surface area contributed by atoms with Crippen molar-refractivity contribution >= 4 is 0 Å². The summed E-state index contributed by atoms with van der Waals surface area (Å²) in [6.07, 6.45) is 0.582. The summed E-state index contributed by atoms with van der Waals surface area (Å²) in [5, 5.41) is 8.79. The lowest BCUT2D eigenvalue weighted by atomic mass is 10.1. The fraction of sp³-hybridized carbons (Fsp3) is 0.200. The Morgan fingerprint density at radius 3 is 2.42 bits per heavy atom. The minimum Gasteiger partial charge on any atom is -0.489 e. The summed E-state index contributed by atoms with van der Waals surface area (Å²) in [6, 6.07) is 11.1. The first kappa shape index (κ1) is 13.5. The van der Waals surface area contributed by atoms with E-state index in [1.165, 1.54) is 12.1 Å². The maximum absolute atomic E-state index is 13.4. The second kappa shape index (κ2) is 6.29. The van der Waals surface area contributed by atoms with Crippen LogP contribution in [0.2, 0.25) is 0 Å². The molecule has 0 saturated heterocycles. The lowest BCUT2D eigenvalue weighted by molar-refractivity contribution is 0.295. The van der Waals surface area contributed by atoms with Gasteiger partial charge in [0.15, 0.2) is 11.6 Å².